The molecule has 0 radical (unpaired) electrons. The van der Waals surface area contributed by atoms with E-state index in [1.165, 1.54) is 0 Å². The second kappa shape index (κ2) is 6.58. The van der Waals surface area contributed by atoms with Gasteiger partial charge in [0.2, 0.25) is 18.6 Å². The largest absolute Gasteiger partial charge is 0.454 e. The van der Waals surface area contributed by atoms with Crippen molar-refractivity contribution in [3.8, 4) is 11.5 Å². The SMILES string of the molecule is O=C(CC(=O)Nc1ccccc1Cl)Nc1ccc2c(c1)OCO2. The van der Waals surface area contributed by atoms with E-state index in [0.717, 1.165) is 0 Å². The number of carbonyl (C=O) groups is 2. The summed E-state index contributed by atoms with van der Waals surface area (Å²) < 4.78 is 10.4. The first-order chi connectivity index (χ1) is 11.1. The molecule has 0 fully saturated rings. The standard InChI is InChI=1S/C16H13ClN2O4/c17-11-3-1-2-4-12(11)19-16(21)8-15(20)18-10-5-6-13-14(7-10)23-9-22-13/h1-7H,8-9H2,(H,18,20)(H,19,21). The number of nitrogens with one attached hydrogen (secondary N) is 2. The Balaban J connectivity index is 1.57. The monoisotopic (exact) mass is 332 g/mol. The maximum atomic E-state index is 11.9. The van der Waals surface area contributed by atoms with Gasteiger partial charge in [-0.15, -0.1) is 0 Å². The lowest BCUT2D eigenvalue weighted by Crippen LogP contribution is -2.21. The van der Waals surface area contributed by atoms with Gasteiger partial charge in [-0.25, -0.2) is 0 Å². The molecule has 2 aromatic carbocycles. The molecule has 0 aliphatic carbocycles. The molecule has 6 nitrogen and oxygen atoms in total. The number of hydrogen-bond donors (Lipinski definition) is 2. The number of rotatable bonds is 4. The molecular weight excluding hydrogens is 320 g/mol. The van der Waals surface area contributed by atoms with Crippen LogP contribution in [0.25, 0.3) is 0 Å². The fraction of sp³-hybridized carbons (Fsp3) is 0.125. The molecule has 7 heteroatoms. The number of anilines is 2. The zero-order chi connectivity index (χ0) is 16.2. The quantitative estimate of drug-likeness (QED) is 0.844. The van der Waals surface area contributed by atoms with Gasteiger partial charge in [-0.05, 0) is 24.3 Å². The highest BCUT2D eigenvalue weighted by atomic mass is 35.5. The van der Waals surface area contributed by atoms with Crippen molar-refractivity contribution in [3.63, 3.8) is 0 Å². The smallest absolute Gasteiger partial charge is 0.233 e. The van der Waals surface area contributed by atoms with Crippen LogP contribution in [0.15, 0.2) is 42.5 Å². The van der Waals surface area contributed by atoms with E-state index in [-0.39, 0.29) is 13.2 Å². The maximum absolute atomic E-state index is 11.9. The molecule has 0 aromatic heterocycles. The van der Waals surface area contributed by atoms with Crippen LogP contribution in [0.5, 0.6) is 11.5 Å². The first kappa shape index (κ1) is 15.2. The van der Waals surface area contributed by atoms with E-state index < -0.39 is 11.8 Å². The normalized spacial score (nSPS) is 11.9. The average molecular weight is 333 g/mol. The van der Waals surface area contributed by atoms with Crippen molar-refractivity contribution in [2.75, 3.05) is 17.4 Å². The molecule has 1 aliphatic heterocycles. The lowest BCUT2D eigenvalue weighted by atomic mass is 10.2. The summed E-state index contributed by atoms with van der Waals surface area (Å²) in [6, 6.07) is 11.8. The molecule has 1 heterocycles. The summed E-state index contributed by atoms with van der Waals surface area (Å²) >= 11 is 5.95. The highest BCUT2D eigenvalue weighted by molar-refractivity contribution is 6.33. The van der Waals surface area contributed by atoms with Crippen molar-refractivity contribution in [3.05, 3.63) is 47.5 Å². The number of halogens is 1. The highest BCUT2D eigenvalue weighted by Crippen LogP contribution is 2.34. The number of carbonyl (C=O) groups excluding carboxylic acids is 2. The van der Waals surface area contributed by atoms with E-state index in [0.29, 0.717) is 27.9 Å². The predicted molar refractivity (Wildman–Crippen MR) is 85.9 cm³/mol. The Hall–Kier alpha value is -2.73. The van der Waals surface area contributed by atoms with Gasteiger partial charge in [0.25, 0.3) is 0 Å². The summed E-state index contributed by atoms with van der Waals surface area (Å²) in [5, 5.41) is 5.64. The molecule has 3 rings (SSSR count). The highest BCUT2D eigenvalue weighted by Gasteiger charge is 2.15. The summed E-state index contributed by atoms with van der Waals surface area (Å²) in [7, 11) is 0. The van der Waals surface area contributed by atoms with Gasteiger partial charge in [-0.1, -0.05) is 23.7 Å². The van der Waals surface area contributed by atoms with Crippen LogP contribution in [0.2, 0.25) is 5.02 Å². The second-order valence-corrected chi connectivity index (χ2v) is 5.23. The van der Waals surface area contributed by atoms with Crippen molar-refractivity contribution in [2.24, 2.45) is 0 Å². The molecule has 2 N–H and O–H groups in total. The van der Waals surface area contributed by atoms with Crippen LogP contribution in [-0.2, 0) is 9.59 Å². The van der Waals surface area contributed by atoms with Crippen molar-refractivity contribution in [1.82, 2.24) is 0 Å². The molecule has 118 valence electrons. The van der Waals surface area contributed by atoms with Gasteiger partial charge in [0.05, 0.1) is 10.7 Å². The molecule has 0 atom stereocenters. The Morgan fingerprint density at radius 3 is 2.57 bits per heavy atom. The van der Waals surface area contributed by atoms with E-state index >= 15 is 0 Å². The number of amides is 2. The number of fused-ring (bicyclic) bond motifs is 1. The van der Waals surface area contributed by atoms with Gasteiger partial charge in [0.1, 0.15) is 6.42 Å². The third-order valence-corrected chi connectivity index (χ3v) is 3.45. The van der Waals surface area contributed by atoms with Crippen LogP contribution in [0.1, 0.15) is 6.42 Å². The van der Waals surface area contributed by atoms with E-state index in [9.17, 15) is 9.59 Å². The lowest BCUT2D eigenvalue weighted by Gasteiger charge is -2.08. The molecule has 23 heavy (non-hydrogen) atoms. The molecule has 1 aliphatic rings. The van der Waals surface area contributed by atoms with E-state index in [4.69, 9.17) is 21.1 Å². The van der Waals surface area contributed by atoms with E-state index in [1.54, 1.807) is 42.5 Å². The minimum absolute atomic E-state index is 0.160. The van der Waals surface area contributed by atoms with Crippen LogP contribution in [0.3, 0.4) is 0 Å². The zero-order valence-corrected chi connectivity index (χ0v) is 12.7. The van der Waals surface area contributed by atoms with E-state index in [1.807, 2.05) is 0 Å². The van der Waals surface area contributed by atoms with Gasteiger partial charge >= 0.3 is 0 Å². The third kappa shape index (κ3) is 3.73. The van der Waals surface area contributed by atoms with Gasteiger partial charge in [-0.2, -0.15) is 0 Å². The van der Waals surface area contributed by atoms with Crippen LogP contribution in [-0.4, -0.2) is 18.6 Å². The summed E-state index contributed by atoms with van der Waals surface area (Å²) in [6.45, 7) is 0.160. The Morgan fingerprint density at radius 2 is 1.74 bits per heavy atom. The lowest BCUT2D eigenvalue weighted by molar-refractivity contribution is -0.123. The van der Waals surface area contributed by atoms with Crippen LogP contribution < -0.4 is 20.1 Å². The Labute approximate surface area is 137 Å². The predicted octanol–water partition coefficient (Wildman–Crippen LogP) is 3.04. The Bertz CT molecular complexity index is 763. The molecule has 0 spiro atoms. The van der Waals surface area contributed by atoms with Gasteiger partial charge in [0.15, 0.2) is 11.5 Å². The van der Waals surface area contributed by atoms with Crippen molar-refractivity contribution in [1.29, 1.82) is 0 Å². The Kier molecular flexibility index (Phi) is 4.34. The van der Waals surface area contributed by atoms with Crippen molar-refractivity contribution < 1.29 is 19.1 Å². The average Bonchev–Trinajstić information content (AvgIpc) is 2.97. The second-order valence-electron chi connectivity index (χ2n) is 4.82. The summed E-state index contributed by atoms with van der Waals surface area (Å²) in [4.78, 5) is 23.8. The van der Waals surface area contributed by atoms with Crippen LogP contribution in [0.4, 0.5) is 11.4 Å². The van der Waals surface area contributed by atoms with Gasteiger partial charge in [0, 0.05) is 11.8 Å². The fourth-order valence-corrected chi connectivity index (χ4v) is 2.27. The van der Waals surface area contributed by atoms with Crippen LogP contribution >= 0.6 is 11.6 Å². The molecular formula is C16H13ClN2O4. The van der Waals surface area contributed by atoms with Gasteiger partial charge in [-0.3, -0.25) is 9.59 Å². The molecule has 2 amide bonds. The fourth-order valence-electron chi connectivity index (χ4n) is 2.08. The van der Waals surface area contributed by atoms with Gasteiger partial charge < -0.3 is 20.1 Å². The summed E-state index contributed by atoms with van der Waals surface area (Å²) in [6.07, 6.45) is -0.320. The number of benzene rings is 2. The molecule has 2 aromatic rings. The topological polar surface area (TPSA) is 76.7 Å². The maximum Gasteiger partial charge on any atom is 0.233 e. The van der Waals surface area contributed by atoms with Crippen molar-refractivity contribution >= 4 is 34.8 Å². The summed E-state index contributed by atoms with van der Waals surface area (Å²) in [5.41, 5.74) is 1.000. The molecule has 0 unspecified atom stereocenters. The summed E-state index contributed by atoms with van der Waals surface area (Å²) in [5.74, 6) is 0.299. The first-order valence-electron chi connectivity index (χ1n) is 6.86. The zero-order valence-electron chi connectivity index (χ0n) is 12.0. The minimum atomic E-state index is -0.448. The number of para-hydroxylation sites is 1. The molecule has 0 saturated heterocycles. The minimum Gasteiger partial charge on any atom is -0.454 e. The third-order valence-electron chi connectivity index (χ3n) is 3.13. The number of ether oxygens (including phenoxy) is 2. The molecule has 0 saturated carbocycles. The first-order valence-corrected chi connectivity index (χ1v) is 7.23. The van der Waals surface area contributed by atoms with E-state index in [2.05, 4.69) is 10.6 Å². The van der Waals surface area contributed by atoms with Crippen LogP contribution in [0, 0.1) is 0 Å². The Morgan fingerprint density at radius 1 is 1.00 bits per heavy atom. The number of hydrogen-bond acceptors (Lipinski definition) is 4. The van der Waals surface area contributed by atoms with Crippen molar-refractivity contribution in [2.45, 2.75) is 6.42 Å². The molecule has 0 bridgehead atoms.